The first-order chi connectivity index (χ1) is 7.99. The molecular formula is C13H25N3O. The molecule has 1 fully saturated rings. The minimum atomic E-state index is -0.0887. The number of hydrogen-bond donors (Lipinski definition) is 1. The van der Waals surface area contributed by atoms with E-state index in [4.69, 9.17) is 10.00 Å². The van der Waals surface area contributed by atoms with Gasteiger partial charge in [0, 0.05) is 26.2 Å². The summed E-state index contributed by atoms with van der Waals surface area (Å²) in [5, 5.41) is 12.4. The molecule has 2 unspecified atom stereocenters. The van der Waals surface area contributed by atoms with Crippen LogP contribution in [0.5, 0.6) is 0 Å². The summed E-state index contributed by atoms with van der Waals surface area (Å²) in [6.07, 6.45) is 2.25. The lowest BCUT2D eigenvalue weighted by atomic mass is 9.94. The van der Waals surface area contributed by atoms with Crippen LogP contribution in [0.25, 0.3) is 0 Å². The first-order valence-electron chi connectivity index (χ1n) is 6.42. The molecule has 0 bridgehead atoms. The lowest BCUT2D eigenvalue weighted by Gasteiger charge is -2.40. The van der Waals surface area contributed by atoms with Gasteiger partial charge in [-0.3, -0.25) is 10.2 Å². The second kappa shape index (κ2) is 6.34. The van der Waals surface area contributed by atoms with Crippen LogP contribution in [0.15, 0.2) is 0 Å². The van der Waals surface area contributed by atoms with Crippen molar-refractivity contribution in [2.24, 2.45) is 0 Å². The van der Waals surface area contributed by atoms with Gasteiger partial charge in [-0.15, -0.1) is 0 Å². The Labute approximate surface area is 105 Å². The lowest BCUT2D eigenvalue weighted by molar-refractivity contribution is -0.0514. The average molecular weight is 239 g/mol. The number of nitrogens with one attached hydrogen (secondary N) is 1. The van der Waals surface area contributed by atoms with E-state index in [0.29, 0.717) is 6.04 Å². The zero-order chi connectivity index (χ0) is 12.9. The molecule has 0 spiro atoms. The number of hydrogen-bond acceptors (Lipinski definition) is 4. The van der Waals surface area contributed by atoms with Crippen molar-refractivity contribution < 1.29 is 4.74 Å². The van der Waals surface area contributed by atoms with Crippen LogP contribution < -0.4 is 5.32 Å². The summed E-state index contributed by atoms with van der Waals surface area (Å²) in [4.78, 5) is 2.33. The van der Waals surface area contributed by atoms with Gasteiger partial charge in [0.15, 0.2) is 0 Å². The summed E-state index contributed by atoms with van der Waals surface area (Å²) in [5.41, 5.74) is -0.0455. The van der Waals surface area contributed by atoms with E-state index >= 15 is 0 Å². The number of methoxy groups -OCH3 is 1. The summed E-state index contributed by atoms with van der Waals surface area (Å²) in [5.74, 6) is 0. The van der Waals surface area contributed by atoms with Gasteiger partial charge >= 0.3 is 0 Å². The van der Waals surface area contributed by atoms with Gasteiger partial charge in [-0.25, -0.2) is 0 Å². The Morgan fingerprint density at radius 3 is 2.76 bits per heavy atom. The number of piperidine rings is 1. The summed E-state index contributed by atoms with van der Waals surface area (Å²) < 4.78 is 5.56. The highest BCUT2D eigenvalue weighted by molar-refractivity contribution is 4.95. The summed E-state index contributed by atoms with van der Waals surface area (Å²) >= 11 is 0. The van der Waals surface area contributed by atoms with Gasteiger partial charge in [0.05, 0.1) is 11.7 Å². The first-order valence-corrected chi connectivity index (χ1v) is 6.42. The summed E-state index contributed by atoms with van der Waals surface area (Å²) in [6.45, 7) is 9.06. The Morgan fingerprint density at radius 2 is 2.24 bits per heavy atom. The van der Waals surface area contributed by atoms with Crippen LogP contribution >= 0.6 is 0 Å². The normalized spacial score (nSPS) is 28.0. The molecule has 4 nitrogen and oxygen atoms in total. The zero-order valence-electron chi connectivity index (χ0n) is 11.5. The second-order valence-electron chi connectivity index (χ2n) is 5.50. The number of likely N-dealkylation sites (tertiary alicyclic amines) is 1. The van der Waals surface area contributed by atoms with Crippen molar-refractivity contribution >= 4 is 0 Å². The SMILES string of the molecule is COC1(C)CCCN(CC(C#N)NC(C)C)C1. The van der Waals surface area contributed by atoms with Crippen molar-refractivity contribution in [2.45, 2.75) is 51.3 Å². The van der Waals surface area contributed by atoms with Gasteiger partial charge < -0.3 is 4.74 Å². The van der Waals surface area contributed by atoms with Crippen molar-refractivity contribution in [1.82, 2.24) is 10.2 Å². The minimum absolute atomic E-state index is 0.0455. The molecule has 98 valence electrons. The third kappa shape index (κ3) is 4.63. The fourth-order valence-corrected chi connectivity index (χ4v) is 2.42. The van der Waals surface area contributed by atoms with E-state index in [-0.39, 0.29) is 11.6 Å². The maximum atomic E-state index is 9.12. The number of ether oxygens (including phenoxy) is 1. The topological polar surface area (TPSA) is 48.3 Å². The van der Waals surface area contributed by atoms with Crippen molar-refractivity contribution in [1.29, 1.82) is 5.26 Å². The smallest absolute Gasteiger partial charge is 0.108 e. The quantitative estimate of drug-likeness (QED) is 0.787. The van der Waals surface area contributed by atoms with Gasteiger partial charge in [-0.2, -0.15) is 5.26 Å². The molecule has 0 aliphatic carbocycles. The molecule has 1 aliphatic rings. The molecule has 1 rings (SSSR count). The molecule has 0 aromatic rings. The van der Waals surface area contributed by atoms with Gasteiger partial charge in [0.25, 0.3) is 0 Å². The van der Waals surface area contributed by atoms with E-state index in [0.717, 1.165) is 32.5 Å². The molecule has 2 atom stereocenters. The van der Waals surface area contributed by atoms with Crippen molar-refractivity contribution in [3.8, 4) is 6.07 Å². The molecule has 1 saturated heterocycles. The number of nitriles is 1. The maximum absolute atomic E-state index is 9.12. The van der Waals surface area contributed by atoms with Crippen molar-refractivity contribution in [3.05, 3.63) is 0 Å². The Bertz CT molecular complexity index is 274. The van der Waals surface area contributed by atoms with Crippen LogP contribution in [0, 0.1) is 11.3 Å². The largest absolute Gasteiger partial charge is 0.377 e. The fraction of sp³-hybridized carbons (Fsp3) is 0.923. The molecule has 17 heavy (non-hydrogen) atoms. The Kier molecular flexibility index (Phi) is 5.38. The van der Waals surface area contributed by atoms with Crippen molar-refractivity contribution in [3.63, 3.8) is 0 Å². The molecule has 0 saturated carbocycles. The van der Waals surface area contributed by atoms with E-state index in [2.05, 4.69) is 37.1 Å². The predicted octanol–water partition coefficient (Wildman–Crippen LogP) is 1.38. The third-order valence-electron chi connectivity index (χ3n) is 3.36. The van der Waals surface area contributed by atoms with Crippen LogP contribution in [0.2, 0.25) is 0 Å². The highest BCUT2D eigenvalue weighted by atomic mass is 16.5. The third-order valence-corrected chi connectivity index (χ3v) is 3.36. The monoisotopic (exact) mass is 239 g/mol. The first kappa shape index (κ1) is 14.4. The number of nitrogens with zero attached hydrogens (tertiary/aromatic N) is 2. The second-order valence-corrected chi connectivity index (χ2v) is 5.50. The molecule has 1 heterocycles. The Morgan fingerprint density at radius 1 is 1.53 bits per heavy atom. The molecule has 0 aromatic carbocycles. The fourth-order valence-electron chi connectivity index (χ4n) is 2.42. The van der Waals surface area contributed by atoms with Crippen LogP contribution in [0.1, 0.15) is 33.6 Å². The molecule has 1 N–H and O–H groups in total. The lowest BCUT2D eigenvalue weighted by Crippen LogP contribution is -2.51. The molecule has 1 aliphatic heterocycles. The minimum Gasteiger partial charge on any atom is -0.377 e. The van der Waals surface area contributed by atoms with Gasteiger partial charge in [0.2, 0.25) is 0 Å². The van der Waals surface area contributed by atoms with Crippen LogP contribution in [-0.4, -0.2) is 49.3 Å². The maximum Gasteiger partial charge on any atom is 0.108 e. The Balaban J connectivity index is 2.47. The molecule has 0 amide bonds. The van der Waals surface area contributed by atoms with E-state index < -0.39 is 0 Å². The zero-order valence-corrected chi connectivity index (χ0v) is 11.5. The van der Waals surface area contributed by atoms with E-state index in [1.54, 1.807) is 7.11 Å². The van der Waals surface area contributed by atoms with Crippen molar-refractivity contribution in [2.75, 3.05) is 26.7 Å². The molecule has 4 heteroatoms. The highest BCUT2D eigenvalue weighted by Gasteiger charge is 2.31. The van der Waals surface area contributed by atoms with Crippen LogP contribution in [0.4, 0.5) is 0 Å². The van der Waals surface area contributed by atoms with E-state index in [1.165, 1.54) is 0 Å². The highest BCUT2D eigenvalue weighted by Crippen LogP contribution is 2.23. The summed E-state index contributed by atoms with van der Waals surface area (Å²) in [6, 6.07) is 2.59. The Hall–Kier alpha value is -0.630. The van der Waals surface area contributed by atoms with Crippen LogP contribution in [-0.2, 0) is 4.74 Å². The van der Waals surface area contributed by atoms with E-state index in [9.17, 15) is 0 Å². The van der Waals surface area contributed by atoms with E-state index in [1.807, 2.05) is 0 Å². The average Bonchev–Trinajstić information content (AvgIpc) is 2.28. The van der Waals surface area contributed by atoms with Gasteiger partial charge in [-0.05, 0) is 40.2 Å². The molecular weight excluding hydrogens is 214 g/mol. The molecule has 0 radical (unpaired) electrons. The summed E-state index contributed by atoms with van der Waals surface area (Å²) in [7, 11) is 1.78. The predicted molar refractivity (Wildman–Crippen MR) is 68.8 cm³/mol. The molecule has 0 aromatic heterocycles. The standard InChI is InChI=1S/C13H25N3O/c1-11(2)15-12(8-14)9-16-7-5-6-13(3,10-16)17-4/h11-12,15H,5-7,9-10H2,1-4H3. The van der Waals surface area contributed by atoms with Gasteiger partial charge in [0.1, 0.15) is 6.04 Å². The van der Waals surface area contributed by atoms with Crippen LogP contribution in [0.3, 0.4) is 0 Å². The number of rotatable bonds is 5. The van der Waals surface area contributed by atoms with Gasteiger partial charge in [-0.1, -0.05) is 0 Å².